The summed E-state index contributed by atoms with van der Waals surface area (Å²) >= 11 is 1.73. The Morgan fingerprint density at radius 2 is 2.23 bits per heavy atom. The summed E-state index contributed by atoms with van der Waals surface area (Å²) in [7, 11) is 0. The summed E-state index contributed by atoms with van der Waals surface area (Å²) in [4.78, 5) is 10.9. The zero-order chi connectivity index (χ0) is 9.68. The molecule has 74 valence electrons. The van der Waals surface area contributed by atoms with E-state index >= 15 is 0 Å². The van der Waals surface area contributed by atoms with Gasteiger partial charge in [0.2, 0.25) is 0 Å². The zero-order valence-electron chi connectivity index (χ0n) is 7.74. The van der Waals surface area contributed by atoms with Crippen LogP contribution in [0.1, 0.15) is 25.7 Å². The first-order valence-corrected chi connectivity index (χ1v) is 5.76. The molecule has 0 spiro atoms. The van der Waals surface area contributed by atoms with Crippen LogP contribution in [0.5, 0.6) is 0 Å². The molecule has 0 bridgehead atoms. The smallest absolute Gasteiger partial charge is 0.307 e. The molecule has 1 aliphatic carbocycles. The van der Waals surface area contributed by atoms with Crippen LogP contribution in [0.4, 0.5) is 0 Å². The van der Waals surface area contributed by atoms with E-state index in [4.69, 9.17) is 5.11 Å². The predicted octanol–water partition coefficient (Wildman–Crippen LogP) is 2.55. The summed E-state index contributed by atoms with van der Waals surface area (Å²) in [5, 5.41) is 9.28. The molecule has 1 saturated carbocycles. The Morgan fingerprint density at radius 1 is 1.54 bits per heavy atom. The number of hydrogen-bond acceptors (Lipinski definition) is 2. The van der Waals surface area contributed by atoms with Gasteiger partial charge in [-0.3, -0.25) is 4.79 Å². The third-order valence-electron chi connectivity index (χ3n) is 2.45. The molecule has 0 saturated heterocycles. The van der Waals surface area contributed by atoms with E-state index in [9.17, 15) is 4.79 Å². The van der Waals surface area contributed by atoms with E-state index < -0.39 is 5.97 Å². The molecule has 0 aliphatic heterocycles. The fourth-order valence-corrected chi connectivity index (χ4v) is 2.97. The number of aliphatic carboxylic acids is 1. The molecule has 0 radical (unpaired) electrons. The Hall–Kier alpha value is -0.440. The van der Waals surface area contributed by atoms with Gasteiger partial charge in [-0.25, -0.2) is 0 Å². The summed E-state index contributed by atoms with van der Waals surface area (Å²) in [6, 6.07) is 0. The Kier molecular flexibility index (Phi) is 4.36. The lowest BCUT2D eigenvalue weighted by Gasteiger charge is -2.27. The van der Waals surface area contributed by atoms with Crippen LogP contribution in [0.3, 0.4) is 0 Å². The van der Waals surface area contributed by atoms with Gasteiger partial charge in [-0.2, -0.15) is 11.8 Å². The van der Waals surface area contributed by atoms with Crippen molar-refractivity contribution in [3.8, 4) is 0 Å². The van der Waals surface area contributed by atoms with Crippen LogP contribution < -0.4 is 0 Å². The molecule has 2 unspecified atom stereocenters. The van der Waals surface area contributed by atoms with Gasteiger partial charge in [0.1, 0.15) is 0 Å². The Bertz CT molecular complexity index is 191. The number of hydrogen-bond donors (Lipinski definition) is 1. The average Bonchev–Trinajstić information content (AvgIpc) is 2.15. The normalized spacial score (nSPS) is 28.3. The van der Waals surface area contributed by atoms with Crippen LogP contribution in [0.25, 0.3) is 0 Å². The molecule has 0 aromatic heterocycles. The van der Waals surface area contributed by atoms with Gasteiger partial charge < -0.3 is 5.11 Å². The first kappa shape index (κ1) is 10.6. The Labute approximate surface area is 83.4 Å². The summed E-state index contributed by atoms with van der Waals surface area (Å²) in [6.07, 6.45) is 6.00. The fraction of sp³-hybridized carbons (Fsp3) is 0.700. The molecule has 1 aliphatic rings. The standard InChI is InChI=1S/C10H16O2S/c1-2-7-13-9-6-4-3-5-8(9)10(11)12/h2,8-9H,1,3-7H2,(H,11,12). The highest BCUT2D eigenvalue weighted by atomic mass is 32.2. The van der Waals surface area contributed by atoms with Crippen LogP contribution in [-0.2, 0) is 4.79 Å². The topological polar surface area (TPSA) is 37.3 Å². The Morgan fingerprint density at radius 3 is 2.85 bits per heavy atom. The fourth-order valence-electron chi connectivity index (χ4n) is 1.77. The van der Waals surface area contributed by atoms with Crippen molar-refractivity contribution < 1.29 is 9.90 Å². The van der Waals surface area contributed by atoms with Gasteiger partial charge in [-0.15, -0.1) is 6.58 Å². The van der Waals surface area contributed by atoms with Crippen LogP contribution >= 0.6 is 11.8 Å². The van der Waals surface area contributed by atoms with E-state index in [-0.39, 0.29) is 5.92 Å². The monoisotopic (exact) mass is 200 g/mol. The Balaban J connectivity index is 2.46. The van der Waals surface area contributed by atoms with Gasteiger partial charge in [-0.1, -0.05) is 18.9 Å². The van der Waals surface area contributed by atoms with Gasteiger partial charge in [0.05, 0.1) is 5.92 Å². The van der Waals surface area contributed by atoms with Crippen LogP contribution in [-0.4, -0.2) is 22.1 Å². The van der Waals surface area contributed by atoms with Crippen molar-refractivity contribution in [2.45, 2.75) is 30.9 Å². The van der Waals surface area contributed by atoms with Gasteiger partial charge in [-0.05, 0) is 12.8 Å². The third kappa shape index (κ3) is 3.07. The van der Waals surface area contributed by atoms with E-state index in [1.54, 1.807) is 11.8 Å². The maximum atomic E-state index is 10.9. The second-order valence-electron chi connectivity index (χ2n) is 3.39. The lowest BCUT2D eigenvalue weighted by atomic mass is 9.89. The molecular formula is C10H16O2S. The molecule has 0 aromatic carbocycles. The summed E-state index contributed by atoms with van der Waals surface area (Å²) in [5.41, 5.74) is 0. The summed E-state index contributed by atoms with van der Waals surface area (Å²) < 4.78 is 0. The van der Waals surface area contributed by atoms with Crippen molar-refractivity contribution in [3.63, 3.8) is 0 Å². The molecule has 0 heterocycles. The predicted molar refractivity (Wildman–Crippen MR) is 56.0 cm³/mol. The number of rotatable bonds is 4. The first-order valence-electron chi connectivity index (χ1n) is 4.71. The quantitative estimate of drug-likeness (QED) is 0.709. The van der Waals surface area contributed by atoms with Crippen molar-refractivity contribution >= 4 is 17.7 Å². The largest absolute Gasteiger partial charge is 0.481 e. The van der Waals surface area contributed by atoms with Crippen molar-refractivity contribution in [1.82, 2.24) is 0 Å². The molecule has 2 nitrogen and oxygen atoms in total. The van der Waals surface area contributed by atoms with E-state index in [0.29, 0.717) is 5.25 Å². The van der Waals surface area contributed by atoms with Gasteiger partial charge in [0, 0.05) is 11.0 Å². The van der Waals surface area contributed by atoms with Crippen molar-refractivity contribution in [1.29, 1.82) is 0 Å². The molecular weight excluding hydrogens is 184 g/mol. The van der Waals surface area contributed by atoms with Gasteiger partial charge in [0.15, 0.2) is 0 Å². The van der Waals surface area contributed by atoms with Crippen LogP contribution in [0.2, 0.25) is 0 Å². The SMILES string of the molecule is C=CCSC1CCCCC1C(=O)O. The third-order valence-corrected chi connectivity index (χ3v) is 3.87. The zero-order valence-corrected chi connectivity index (χ0v) is 8.55. The summed E-state index contributed by atoms with van der Waals surface area (Å²) in [5.74, 6) is 0.119. The van der Waals surface area contributed by atoms with Crippen molar-refractivity contribution in [2.75, 3.05) is 5.75 Å². The van der Waals surface area contributed by atoms with E-state index in [2.05, 4.69) is 6.58 Å². The van der Waals surface area contributed by atoms with E-state index in [0.717, 1.165) is 25.0 Å². The van der Waals surface area contributed by atoms with E-state index in [1.807, 2.05) is 6.08 Å². The minimum Gasteiger partial charge on any atom is -0.481 e. The highest BCUT2D eigenvalue weighted by Crippen LogP contribution is 2.33. The average molecular weight is 200 g/mol. The minimum absolute atomic E-state index is 0.126. The molecule has 2 atom stereocenters. The second kappa shape index (κ2) is 5.32. The molecule has 1 rings (SSSR count). The number of carboxylic acids is 1. The highest BCUT2D eigenvalue weighted by Gasteiger charge is 2.30. The number of carboxylic acid groups (broad SMARTS) is 1. The van der Waals surface area contributed by atoms with Crippen molar-refractivity contribution in [3.05, 3.63) is 12.7 Å². The lowest BCUT2D eigenvalue weighted by molar-refractivity contribution is -0.142. The van der Waals surface area contributed by atoms with Gasteiger partial charge >= 0.3 is 5.97 Å². The molecule has 13 heavy (non-hydrogen) atoms. The number of thioether (sulfide) groups is 1. The molecule has 1 fully saturated rings. The molecule has 3 heteroatoms. The number of carbonyl (C=O) groups is 1. The van der Waals surface area contributed by atoms with Crippen LogP contribution in [0.15, 0.2) is 12.7 Å². The lowest BCUT2D eigenvalue weighted by Crippen LogP contribution is -2.29. The minimum atomic E-state index is -0.624. The van der Waals surface area contributed by atoms with Crippen molar-refractivity contribution in [2.24, 2.45) is 5.92 Å². The molecule has 0 aromatic rings. The second-order valence-corrected chi connectivity index (χ2v) is 4.66. The maximum Gasteiger partial charge on any atom is 0.307 e. The van der Waals surface area contributed by atoms with E-state index in [1.165, 1.54) is 6.42 Å². The van der Waals surface area contributed by atoms with Crippen LogP contribution in [0, 0.1) is 5.92 Å². The molecule has 1 N–H and O–H groups in total. The van der Waals surface area contributed by atoms with Gasteiger partial charge in [0.25, 0.3) is 0 Å². The molecule has 0 amide bonds. The first-order chi connectivity index (χ1) is 6.25. The maximum absolute atomic E-state index is 10.9. The summed E-state index contributed by atoms with van der Waals surface area (Å²) in [6.45, 7) is 3.65. The highest BCUT2D eigenvalue weighted by molar-refractivity contribution is 8.00.